The number of aliphatic carboxylic acids is 1. The van der Waals surface area contributed by atoms with Crippen LogP contribution in [-0.2, 0) is 9.59 Å². The Morgan fingerprint density at radius 2 is 2.19 bits per heavy atom. The van der Waals surface area contributed by atoms with Crippen molar-refractivity contribution >= 4 is 11.9 Å². The molecular formula is C11H18N2O3. The largest absolute Gasteiger partial charge is 0.480 e. The smallest absolute Gasteiger partial charge is 0.319 e. The number of carboxylic acid groups (broad SMARTS) is 1. The summed E-state index contributed by atoms with van der Waals surface area (Å²) >= 11 is 0. The Morgan fingerprint density at radius 3 is 2.62 bits per heavy atom. The quantitative estimate of drug-likeness (QED) is 0.658. The first-order chi connectivity index (χ1) is 7.54. The van der Waals surface area contributed by atoms with Gasteiger partial charge in [0.05, 0.1) is 0 Å². The van der Waals surface area contributed by atoms with Crippen molar-refractivity contribution in [3.8, 4) is 0 Å². The van der Waals surface area contributed by atoms with Crippen molar-refractivity contribution in [1.29, 1.82) is 0 Å². The molecule has 1 aliphatic heterocycles. The molecule has 0 aromatic rings. The van der Waals surface area contributed by atoms with E-state index in [4.69, 9.17) is 5.11 Å². The van der Waals surface area contributed by atoms with E-state index in [1.807, 2.05) is 0 Å². The maximum atomic E-state index is 11.7. The zero-order valence-electron chi connectivity index (χ0n) is 9.53. The second-order valence-corrected chi connectivity index (χ2v) is 5.01. The first-order valence-corrected chi connectivity index (χ1v) is 5.75. The Morgan fingerprint density at radius 1 is 1.50 bits per heavy atom. The van der Waals surface area contributed by atoms with Crippen LogP contribution in [0.25, 0.3) is 0 Å². The molecule has 16 heavy (non-hydrogen) atoms. The van der Waals surface area contributed by atoms with E-state index in [0.717, 1.165) is 19.5 Å². The topological polar surface area (TPSA) is 69.6 Å². The molecule has 1 aliphatic carbocycles. The van der Waals surface area contributed by atoms with Crippen molar-refractivity contribution in [2.45, 2.75) is 19.3 Å². The molecule has 1 heterocycles. The molecule has 0 bridgehead atoms. The fraction of sp³-hybridized carbons (Fsp3) is 0.818. The lowest BCUT2D eigenvalue weighted by Crippen LogP contribution is -2.39. The van der Waals surface area contributed by atoms with Crippen LogP contribution < -0.4 is 5.32 Å². The number of likely N-dealkylation sites (tertiary alicyclic amines) is 1. The first-order valence-electron chi connectivity index (χ1n) is 5.75. The van der Waals surface area contributed by atoms with Gasteiger partial charge >= 0.3 is 5.97 Å². The van der Waals surface area contributed by atoms with E-state index in [1.54, 1.807) is 0 Å². The van der Waals surface area contributed by atoms with E-state index >= 15 is 0 Å². The molecule has 5 heteroatoms. The number of rotatable bonds is 4. The highest BCUT2D eigenvalue weighted by Gasteiger charge is 2.57. The van der Waals surface area contributed by atoms with Gasteiger partial charge in [-0.3, -0.25) is 9.59 Å². The van der Waals surface area contributed by atoms with Crippen LogP contribution >= 0.6 is 0 Å². The summed E-state index contributed by atoms with van der Waals surface area (Å²) in [5.74, 6) is -0.804. The molecule has 2 N–H and O–H groups in total. The highest BCUT2D eigenvalue weighted by atomic mass is 16.4. The van der Waals surface area contributed by atoms with Crippen molar-refractivity contribution < 1.29 is 14.7 Å². The van der Waals surface area contributed by atoms with E-state index in [-0.39, 0.29) is 5.91 Å². The van der Waals surface area contributed by atoms with Gasteiger partial charge in [-0.2, -0.15) is 0 Å². The Balaban J connectivity index is 1.78. The number of carboxylic acids is 1. The second kappa shape index (κ2) is 4.05. The molecule has 1 saturated heterocycles. The van der Waals surface area contributed by atoms with E-state index in [0.29, 0.717) is 25.3 Å². The minimum absolute atomic E-state index is 0.297. The molecule has 2 rings (SSSR count). The molecule has 1 unspecified atom stereocenters. The van der Waals surface area contributed by atoms with Crippen LogP contribution in [0.3, 0.4) is 0 Å². The normalized spacial score (nSPS) is 27.7. The van der Waals surface area contributed by atoms with Crippen LogP contribution in [0.4, 0.5) is 0 Å². The molecule has 1 amide bonds. The van der Waals surface area contributed by atoms with Gasteiger partial charge < -0.3 is 15.3 Å². The van der Waals surface area contributed by atoms with Crippen molar-refractivity contribution in [2.24, 2.45) is 11.3 Å². The van der Waals surface area contributed by atoms with Crippen molar-refractivity contribution in [2.75, 3.05) is 26.7 Å². The minimum atomic E-state index is -1.09. The van der Waals surface area contributed by atoms with Crippen molar-refractivity contribution in [3.05, 3.63) is 0 Å². The van der Waals surface area contributed by atoms with E-state index in [9.17, 15) is 9.59 Å². The van der Waals surface area contributed by atoms with E-state index in [2.05, 4.69) is 17.3 Å². The predicted octanol–water partition coefficient (Wildman–Crippen LogP) is -0.0809. The summed E-state index contributed by atoms with van der Waals surface area (Å²) in [4.78, 5) is 24.8. The monoisotopic (exact) mass is 226 g/mol. The SMILES string of the molecule is CN1CCC(CNC(=O)C2(C(=O)O)CC2)C1. The van der Waals surface area contributed by atoms with Gasteiger partial charge in [0.15, 0.2) is 0 Å². The van der Waals surface area contributed by atoms with Gasteiger partial charge in [-0.1, -0.05) is 0 Å². The van der Waals surface area contributed by atoms with Gasteiger partial charge in [-0.05, 0) is 38.8 Å². The van der Waals surface area contributed by atoms with Gasteiger partial charge in [0, 0.05) is 13.1 Å². The minimum Gasteiger partial charge on any atom is -0.480 e. The lowest BCUT2D eigenvalue weighted by atomic mass is 10.1. The maximum Gasteiger partial charge on any atom is 0.319 e. The molecule has 90 valence electrons. The lowest BCUT2D eigenvalue weighted by molar-refractivity contribution is -0.149. The number of hydrogen-bond donors (Lipinski definition) is 2. The van der Waals surface area contributed by atoms with Gasteiger partial charge in [-0.15, -0.1) is 0 Å². The van der Waals surface area contributed by atoms with E-state index < -0.39 is 11.4 Å². The number of carbonyl (C=O) groups is 2. The molecule has 5 nitrogen and oxygen atoms in total. The van der Waals surface area contributed by atoms with Crippen LogP contribution in [0.5, 0.6) is 0 Å². The zero-order valence-corrected chi connectivity index (χ0v) is 9.53. The summed E-state index contributed by atoms with van der Waals surface area (Å²) in [5.41, 5.74) is -1.09. The summed E-state index contributed by atoms with van der Waals surface area (Å²) < 4.78 is 0. The fourth-order valence-electron chi connectivity index (χ4n) is 2.26. The average Bonchev–Trinajstić information content (AvgIpc) is 2.95. The van der Waals surface area contributed by atoms with Crippen molar-refractivity contribution in [3.63, 3.8) is 0 Å². The number of amides is 1. The summed E-state index contributed by atoms with van der Waals surface area (Å²) in [5, 5.41) is 11.7. The molecule has 0 aromatic carbocycles. The Kier molecular flexibility index (Phi) is 2.88. The number of carbonyl (C=O) groups excluding carboxylic acids is 1. The molecule has 0 spiro atoms. The summed E-state index contributed by atoms with van der Waals surface area (Å²) in [6.07, 6.45) is 2.05. The second-order valence-electron chi connectivity index (χ2n) is 5.01. The molecule has 2 aliphatic rings. The predicted molar refractivity (Wildman–Crippen MR) is 57.9 cm³/mol. The highest BCUT2D eigenvalue weighted by molar-refractivity contribution is 6.04. The highest BCUT2D eigenvalue weighted by Crippen LogP contribution is 2.46. The average molecular weight is 226 g/mol. The molecule has 1 saturated carbocycles. The fourth-order valence-corrected chi connectivity index (χ4v) is 2.26. The van der Waals surface area contributed by atoms with E-state index in [1.165, 1.54) is 0 Å². The number of nitrogens with zero attached hydrogens (tertiary/aromatic N) is 1. The summed E-state index contributed by atoms with van der Waals surface area (Å²) in [6.45, 7) is 2.66. The third-order valence-corrected chi connectivity index (χ3v) is 3.63. The Bertz CT molecular complexity index is 312. The van der Waals surface area contributed by atoms with Gasteiger partial charge in [0.2, 0.25) is 5.91 Å². The van der Waals surface area contributed by atoms with Crippen LogP contribution in [0, 0.1) is 11.3 Å². The van der Waals surface area contributed by atoms with Gasteiger partial charge in [-0.25, -0.2) is 0 Å². The summed E-state index contributed by atoms with van der Waals surface area (Å²) in [7, 11) is 2.06. The molecular weight excluding hydrogens is 208 g/mol. The van der Waals surface area contributed by atoms with Crippen LogP contribution in [0.15, 0.2) is 0 Å². The first kappa shape index (κ1) is 11.4. The zero-order chi connectivity index (χ0) is 11.8. The summed E-state index contributed by atoms with van der Waals surface area (Å²) in [6, 6.07) is 0. The van der Waals surface area contributed by atoms with Gasteiger partial charge in [0.1, 0.15) is 5.41 Å². The van der Waals surface area contributed by atoms with Crippen molar-refractivity contribution in [1.82, 2.24) is 10.2 Å². The maximum absolute atomic E-state index is 11.7. The number of nitrogens with one attached hydrogen (secondary N) is 1. The molecule has 0 aromatic heterocycles. The van der Waals surface area contributed by atoms with Gasteiger partial charge in [0.25, 0.3) is 0 Å². The Labute approximate surface area is 94.8 Å². The third-order valence-electron chi connectivity index (χ3n) is 3.63. The number of hydrogen-bond acceptors (Lipinski definition) is 3. The standard InChI is InChI=1S/C11H18N2O3/c1-13-5-2-8(7-13)6-12-9(14)11(3-4-11)10(15)16/h8H,2-7H2,1H3,(H,12,14)(H,15,16). The third kappa shape index (κ3) is 2.04. The lowest BCUT2D eigenvalue weighted by Gasteiger charge is -2.14. The van der Waals surface area contributed by atoms with Crippen LogP contribution in [0.2, 0.25) is 0 Å². The molecule has 1 atom stereocenters. The Hall–Kier alpha value is -1.10. The van der Waals surface area contributed by atoms with Crippen LogP contribution in [-0.4, -0.2) is 48.6 Å². The molecule has 0 radical (unpaired) electrons. The van der Waals surface area contributed by atoms with Crippen LogP contribution in [0.1, 0.15) is 19.3 Å². The molecule has 2 fully saturated rings.